The second-order valence-corrected chi connectivity index (χ2v) is 7.62. The summed E-state index contributed by atoms with van der Waals surface area (Å²) >= 11 is 1.59. The van der Waals surface area contributed by atoms with Gasteiger partial charge in [0.1, 0.15) is 5.75 Å². The number of ketones is 1. The molecule has 1 unspecified atom stereocenters. The van der Waals surface area contributed by atoms with Gasteiger partial charge in [-0.1, -0.05) is 48.2 Å². The monoisotopic (exact) mass is 388 g/mol. The van der Waals surface area contributed by atoms with Crippen molar-refractivity contribution in [3.63, 3.8) is 0 Å². The summed E-state index contributed by atoms with van der Waals surface area (Å²) < 4.78 is 5.18. The number of fused-ring (bicyclic) bond motifs is 1. The van der Waals surface area contributed by atoms with Gasteiger partial charge in [-0.05, 0) is 48.0 Å². The Bertz CT molecular complexity index is 1000. The van der Waals surface area contributed by atoms with E-state index in [9.17, 15) is 4.79 Å². The number of aliphatic imine (C=N–C) groups is 1. The third-order valence-corrected chi connectivity index (χ3v) is 5.69. The average molecular weight is 388 g/mol. The Kier molecular flexibility index (Phi) is 5.44. The number of amidine groups is 1. The summed E-state index contributed by atoms with van der Waals surface area (Å²) in [7, 11) is 1.62. The summed E-state index contributed by atoms with van der Waals surface area (Å²) in [6.07, 6.45) is 0.406. The minimum absolute atomic E-state index is 0.00881. The van der Waals surface area contributed by atoms with Crippen LogP contribution in [0.2, 0.25) is 0 Å². The molecule has 1 N–H and O–H groups in total. The fourth-order valence-corrected chi connectivity index (χ4v) is 4.27. The molecule has 0 fully saturated rings. The molecule has 1 heterocycles. The molecule has 5 heteroatoms. The van der Waals surface area contributed by atoms with Gasteiger partial charge in [-0.2, -0.15) is 0 Å². The van der Waals surface area contributed by atoms with Crippen molar-refractivity contribution in [3.05, 3.63) is 90.0 Å². The molecule has 0 spiro atoms. The number of thioether (sulfide) groups is 1. The molecule has 0 aromatic heterocycles. The lowest BCUT2D eigenvalue weighted by atomic mass is 10.0. The maximum Gasteiger partial charge on any atom is 0.166 e. The SMILES string of the molecule is COc1ccc(C(=O)CC2SC(Nc3ccccc3)=Nc3ccccc32)cc1. The molecule has 3 aromatic rings. The van der Waals surface area contributed by atoms with E-state index in [0.29, 0.717) is 12.0 Å². The second kappa shape index (κ2) is 8.31. The number of methoxy groups -OCH3 is 1. The second-order valence-electron chi connectivity index (χ2n) is 6.43. The van der Waals surface area contributed by atoms with Gasteiger partial charge in [0.15, 0.2) is 11.0 Å². The van der Waals surface area contributed by atoms with Gasteiger partial charge in [0.2, 0.25) is 0 Å². The molecular weight excluding hydrogens is 368 g/mol. The molecule has 0 saturated heterocycles. The Morgan fingerprint density at radius 2 is 1.71 bits per heavy atom. The Labute approximate surface area is 168 Å². The smallest absolute Gasteiger partial charge is 0.166 e. The van der Waals surface area contributed by atoms with Gasteiger partial charge in [0, 0.05) is 22.9 Å². The minimum Gasteiger partial charge on any atom is -0.497 e. The van der Waals surface area contributed by atoms with Gasteiger partial charge in [-0.15, -0.1) is 0 Å². The van der Waals surface area contributed by atoms with Crippen molar-refractivity contribution in [2.24, 2.45) is 4.99 Å². The van der Waals surface area contributed by atoms with Crippen LogP contribution >= 0.6 is 11.8 Å². The fraction of sp³-hybridized carbons (Fsp3) is 0.130. The number of hydrogen-bond donors (Lipinski definition) is 1. The molecule has 4 nitrogen and oxygen atoms in total. The number of carbonyl (C=O) groups is 1. The Morgan fingerprint density at radius 1 is 1.00 bits per heavy atom. The molecule has 28 heavy (non-hydrogen) atoms. The number of Topliss-reactive ketones (excluding diaryl/α,β-unsaturated/α-hetero) is 1. The highest BCUT2D eigenvalue weighted by Crippen LogP contribution is 2.43. The normalized spacial score (nSPS) is 15.3. The Morgan fingerprint density at radius 3 is 2.46 bits per heavy atom. The molecule has 0 bridgehead atoms. The van der Waals surface area contributed by atoms with Crippen molar-refractivity contribution in [1.82, 2.24) is 0 Å². The number of ether oxygens (including phenoxy) is 1. The van der Waals surface area contributed by atoms with Crippen LogP contribution in [0.25, 0.3) is 0 Å². The lowest BCUT2D eigenvalue weighted by Crippen LogP contribution is -2.16. The molecule has 0 aliphatic carbocycles. The summed E-state index contributed by atoms with van der Waals surface area (Å²) in [4.78, 5) is 17.6. The van der Waals surface area contributed by atoms with Gasteiger partial charge >= 0.3 is 0 Å². The van der Waals surface area contributed by atoms with Gasteiger partial charge in [0.05, 0.1) is 12.8 Å². The van der Waals surface area contributed by atoms with Crippen molar-refractivity contribution in [3.8, 4) is 5.75 Å². The van der Waals surface area contributed by atoms with Crippen molar-refractivity contribution < 1.29 is 9.53 Å². The van der Waals surface area contributed by atoms with Crippen LogP contribution in [0.1, 0.15) is 27.6 Å². The summed E-state index contributed by atoms with van der Waals surface area (Å²) in [5.74, 6) is 0.853. The van der Waals surface area contributed by atoms with Gasteiger partial charge in [0.25, 0.3) is 0 Å². The molecule has 1 aliphatic rings. The van der Waals surface area contributed by atoms with Gasteiger partial charge in [-0.3, -0.25) is 4.79 Å². The van der Waals surface area contributed by atoms with E-state index in [1.807, 2.05) is 72.8 Å². The topological polar surface area (TPSA) is 50.7 Å². The van der Waals surface area contributed by atoms with Gasteiger partial charge in [-0.25, -0.2) is 4.99 Å². The molecule has 4 rings (SSSR count). The summed E-state index contributed by atoms with van der Waals surface area (Å²) in [5.41, 5.74) is 3.67. The highest BCUT2D eigenvalue weighted by molar-refractivity contribution is 8.14. The predicted octanol–water partition coefficient (Wildman–Crippen LogP) is 5.86. The zero-order chi connectivity index (χ0) is 19.3. The summed E-state index contributed by atoms with van der Waals surface area (Å²) in [6, 6.07) is 25.2. The lowest BCUT2D eigenvalue weighted by molar-refractivity contribution is 0.0982. The van der Waals surface area contributed by atoms with E-state index in [0.717, 1.165) is 27.9 Å². The minimum atomic E-state index is 0.00881. The molecule has 0 saturated carbocycles. The Balaban J connectivity index is 1.56. The van der Waals surface area contributed by atoms with Crippen molar-refractivity contribution >= 4 is 34.1 Å². The number of para-hydroxylation sites is 2. The summed E-state index contributed by atoms with van der Waals surface area (Å²) in [5, 5.41) is 4.18. The largest absolute Gasteiger partial charge is 0.497 e. The highest BCUT2D eigenvalue weighted by atomic mass is 32.2. The highest BCUT2D eigenvalue weighted by Gasteiger charge is 2.26. The first-order chi connectivity index (χ1) is 13.7. The van der Waals surface area contributed by atoms with Gasteiger partial charge < -0.3 is 10.1 Å². The number of hydrogen-bond acceptors (Lipinski definition) is 5. The first kappa shape index (κ1) is 18.3. The number of nitrogens with zero attached hydrogens (tertiary/aromatic N) is 1. The molecule has 3 aromatic carbocycles. The third-order valence-electron chi connectivity index (χ3n) is 4.57. The average Bonchev–Trinajstić information content (AvgIpc) is 2.74. The van der Waals surface area contributed by atoms with E-state index in [4.69, 9.17) is 9.73 Å². The first-order valence-corrected chi connectivity index (χ1v) is 9.94. The van der Waals surface area contributed by atoms with E-state index < -0.39 is 0 Å². The molecule has 140 valence electrons. The van der Waals surface area contributed by atoms with Crippen LogP contribution < -0.4 is 10.1 Å². The zero-order valence-corrected chi connectivity index (χ0v) is 16.3. The molecule has 0 amide bonds. The van der Waals surface area contributed by atoms with E-state index in [1.54, 1.807) is 18.9 Å². The molecule has 1 aliphatic heterocycles. The van der Waals surface area contributed by atoms with Crippen LogP contribution in [-0.4, -0.2) is 18.1 Å². The maximum absolute atomic E-state index is 12.9. The van der Waals surface area contributed by atoms with E-state index in [-0.39, 0.29) is 11.0 Å². The Hall–Kier alpha value is -3.05. The van der Waals surface area contributed by atoms with Crippen LogP contribution in [0, 0.1) is 0 Å². The van der Waals surface area contributed by atoms with Crippen molar-refractivity contribution in [2.75, 3.05) is 12.4 Å². The maximum atomic E-state index is 12.9. The quantitative estimate of drug-likeness (QED) is 0.557. The van der Waals surface area contributed by atoms with Crippen LogP contribution in [0.15, 0.2) is 83.9 Å². The zero-order valence-electron chi connectivity index (χ0n) is 15.5. The van der Waals surface area contributed by atoms with E-state index >= 15 is 0 Å². The standard InChI is InChI=1S/C23H20N2O2S/c1-27-18-13-11-16(12-14-18)21(26)15-22-19-9-5-6-10-20(19)25-23(28-22)24-17-7-3-2-4-8-17/h2-14,22H,15H2,1H3,(H,24,25). The lowest BCUT2D eigenvalue weighted by Gasteiger charge is -2.24. The van der Waals surface area contributed by atoms with Crippen LogP contribution in [-0.2, 0) is 0 Å². The number of anilines is 1. The number of nitrogens with one attached hydrogen (secondary N) is 1. The van der Waals surface area contributed by atoms with Crippen molar-refractivity contribution in [2.45, 2.75) is 11.7 Å². The summed E-state index contributed by atoms with van der Waals surface area (Å²) in [6.45, 7) is 0. The van der Waals surface area contributed by atoms with E-state index in [2.05, 4.69) is 11.4 Å². The molecule has 0 radical (unpaired) electrons. The van der Waals surface area contributed by atoms with E-state index in [1.165, 1.54) is 0 Å². The van der Waals surface area contributed by atoms with Crippen LogP contribution in [0.5, 0.6) is 5.75 Å². The number of benzene rings is 3. The molecule has 1 atom stereocenters. The molecular formula is C23H20N2O2S. The third kappa shape index (κ3) is 4.10. The van der Waals surface area contributed by atoms with Crippen LogP contribution in [0.4, 0.5) is 11.4 Å². The number of carbonyl (C=O) groups excluding carboxylic acids is 1. The number of rotatable bonds is 5. The van der Waals surface area contributed by atoms with Crippen molar-refractivity contribution in [1.29, 1.82) is 0 Å². The first-order valence-electron chi connectivity index (χ1n) is 9.06. The fourth-order valence-electron chi connectivity index (χ4n) is 3.11. The predicted molar refractivity (Wildman–Crippen MR) is 116 cm³/mol. The van der Waals surface area contributed by atoms with Crippen LogP contribution in [0.3, 0.4) is 0 Å².